The van der Waals surface area contributed by atoms with Crippen molar-refractivity contribution in [2.45, 2.75) is 43.9 Å². The first-order valence-corrected chi connectivity index (χ1v) is 7.85. The summed E-state index contributed by atoms with van der Waals surface area (Å²) in [6.45, 7) is 4.55. The molecule has 2 aliphatic heterocycles. The highest BCUT2D eigenvalue weighted by Crippen LogP contribution is 2.28. The molecule has 0 amide bonds. The van der Waals surface area contributed by atoms with Crippen molar-refractivity contribution >= 4 is 32.9 Å². The molecule has 2 unspecified atom stereocenters. The van der Waals surface area contributed by atoms with Crippen LogP contribution in [-0.2, 0) is 0 Å². The topological polar surface area (TPSA) is 15.6 Å². The van der Waals surface area contributed by atoms with Gasteiger partial charge in [-0.3, -0.25) is 4.99 Å². The molecule has 0 bridgehead atoms. The molecule has 0 aromatic heterocycles. The average Bonchev–Trinajstić information content (AvgIpc) is 2.62. The van der Waals surface area contributed by atoms with Crippen LogP contribution in [0.15, 0.2) is 4.99 Å². The number of hydrogen-bond donors (Lipinski definition) is 0. The summed E-state index contributed by atoms with van der Waals surface area (Å²) in [6.07, 6.45) is 5.44. The zero-order valence-electron chi connectivity index (χ0n) is 9.29. The monoisotopic (exact) mass is 290 g/mol. The number of nitrogens with zero attached hydrogens (tertiary/aromatic N) is 2. The quantitative estimate of drug-likeness (QED) is 0.690. The van der Waals surface area contributed by atoms with Gasteiger partial charge >= 0.3 is 0 Å². The third-order valence-corrected chi connectivity index (χ3v) is 5.61. The van der Waals surface area contributed by atoms with Crippen LogP contribution in [0.4, 0.5) is 0 Å². The number of thioether (sulfide) groups is 1. The molecule has 15 heavy (non-hydrogen) atoms. The number of rotatable bonds is 1. The van der Waals surface area contributed by atoms with Gasteiger partial charge in [-0.2, -0.15) is 0 Å². The van der Waals surface area contributed by atoms with E-state index in [1.54, 1.807) is 0 Å². The SMILES string of the molecule is CC1CCCCCN1C1=NCC(CBr)S1. The molecule has 4 heteroatoms. The predicted molar refractivity (Wildman–Crippen MR) is 72.1 cm³/mol. The Labute approximate surface area is 105 Å². The number of aliphatic imine (C=N–C) groups is 1. The maximum Gasteiger partial charge on any atom is 0.159 e. The van der Waals surface area contributed by atoms with Gasteiger partial charge in [-0.1, -0.05) is 40.5 Å². The van der Waals surface area contributed by atoms with E-state index in [9.17, 15) is 0 Å². The number of hydrogen-bond acceptors (Lipinski definition) is 3. The lowest BCUT2D eigenvalue weighted by molar-refractivity contribution is 0.342. The van der Waals surface area contributed by atoms with E-state index >= 15 is 0 Å². The number of likely N-dealkylation sites (tertiary alicyclic amines) is 1. The van der Waals surface area contributed by atoms with Crippen molar-refractivity contribution in [2.24, 2.45) is 4.99 Å². The molecule has 1 saturated heterocycles. The van der Waals surface area contributed by atoms with Gasteiger partial charge in [0.15, 0.2) is 5.17 Å². The third kappa shape index (κ3) is 2.90. The minimum Gasteiger partial charge on any atom is -0.349 e. The molecular formula is C11H19BrN2S. The fourth-order valence-corrected chi connectivity index (χ4v) is 3.87. The van der Waals surface area contributed by atoms with Crippen molar-refractivity contribution < 1.29 is 0 Å². The molecule has 86 valence electrons. The van der Waals surface area contributed by atoms with E-state index < -0.39 is 0 Å². The highest BCUT2D eigenvalue weighted by atomic mass is 79.9. The van der Waals surface area contributed by atoms with Crippen LogP contribution in [0, 0.1) is 0 Å². The van der Waals surface area contributed by atoms with Crippen molar-refractivity contribution in [3.05, 3.63) is 0 Å². The predicted octanol–water partition coefficient (Wildman–Crippen LogP) is 3.12. The smallest absolute Gasteiger partial charge is 0.159 e. The second kappa shape index (κ2) is 5.58. The number of halogens is 1. The van der Waals surface area contributed by atoms with Crippen molar-refractivity contribution in [1.29, 1.82) is 0 Å². The first-order chi connectivity index (χ1) is 7.31. The summed E-state index contributed by atoms with van der Waals surface area (Å²) in [7, 11) is 0. The molecule has 2 atom stereocenters. The second-order valence-corrected chi connectivity index (χ2v) is 6.32. The van der Waals surface area contributed by atoms with Crippen LogP contribution >= 0.6 is 27.7 Å². The number of alkyl halides is 1. The normalized spacial score (nSPS) is 32.7. The first-order valence-electron chi connectivity index (χ1n) is 5.85. The molecule has 1 fully saturated rings. The fourth-order valence-electron chi connectivity index (χ4n) is 2.20. The fraction of sp³-hybridized carbons (Fsp3) is 0.909. The standard InChI is InChI=1S/C11H19BrN2S/c1-9-5-3-2-4-6-14(9)11-13-8-10(7-12)15-11/h9-10H,2-8H2,1H3. The lowest BCUT2D eigenvalue weighted by atomic mass is 10.1. The summed E-state index contributed by atoms with van der Waals surface area (Å²) >= 11 is 5.50. The Morgan fingerprint density at radius 3 is 3.07 bits per heavy atom. The van der Waals surface area contributed by atoms with Crippen molar-refractivity contribution in [3.8, 4) is 0 Å². The second-order valence-electron chi connectivity index (χ2n) is 4.41. The highest BCUT2D eigenvalue weighted by Gasteiger charge is 2.26. The Hall–Kier alpha value is 0.300. The molecule has 2 nitrogen and oxygen atoms in total. The largest absolute Gasteiger partial charge is 0.349 e. The molecule has 0 radical (unpaired) electrons. The van der Waals surface area contributed by atoms with Gasteiger partial charge in [0.25, 0.3) is 0 Å². The zero-order chi connectivity index (χ0) is 10.7. The molecule has 2 aliphatic rings. The van der Waals surface area contributed by atoms with Crippen LogP contribution in [0.25, 0.3) is 0 Å². The maximum absolute atomic E-state index is 4.68. The van der Waals surface area contributed by atoms with E-state index in [-0.39, 0.29) is 0 Å². The molecule has 0 aliphatic carbocycles. The molecular weight excluding hydrogens is 272 g/mol. The van der Waals surface area contributed by atoms with E-state index in [0.717, 1.165) is 11.9 Å². The molecule has 0 N–H and O–H groups in total. The lowest BCUT2D eigenvalue weighted by Crippen LogP contribution is -2.36. The lowest BCUT2D eigenvalue weighted by Gasteiger charge is -2.28. The molecule has 0 saturated carbocycles. The third-order valence-electron chi connectivity index (χ3n) is 3.17. The van der Waals surface area contributed by atoms with Gasteiger partial charge < -0.3 is 4.90 Å². The Bertz CT molecular complexity index is 245. The summed E-state index contributed by atoms with van der Waals surface area (Å²) in [5.41, 5.74) is 0. The van der Waals surface area contributed by atoms with Gasteiger partial charge in [0.1, 0.15) is 0 Å². The Morgan fingerprint density at radius 1 is 1.47 bits per heavy atom. The van der Waals surface area contributed by atoms with Crippen LogP contribution in [0.3, 0.4) is 0 Å². The highest BCUT2D eigenvalue weighted by molar-refractivity contribution is 9.09. The summed E-state index contributed by atoms with van der Waals surface area (Å²) in [4.78, 5) is 7.21. The first kappa shape index (κ1) is 11.8. The van der Waals surface area contributed by atoms with E-state index in [2.05, 4.69) is 32.7 Å². The van der Waals surface area contributed by atoms with Crippen molar-refractivity contribution in [3.63, 3.8) is 0 Å². The zero-order valence-corrected chi connectivity index (χ0v) is 11.7. The Balaban J connectivity index is 1.96. The summed E-state index contributed by atoms with van der Waals surface area (Å²) < 4.78 is 0. The van der Waals surface area contributed by atoms with E-state index in [1.807, 2.05) is 11.8 Å². The minimum atomic E-state index is 0.662. The molecule has 0 spiro atoms. The molecule has 2 heterocycles. The van der Waals surface area contributed by atoms with Gasteiger partial charge in [-0.25, -0.2) is 0 Å². The molecule has 0 aromatic carbocycles. The average molecular weight is 291 g/mol. The van der Waals surface area contributed by atoms with Crippen LogP contribution in [0.2, 0.25) is 0 Å². The number of amidine groups is 1. The van der Waals surface area contributed by atoms with Crippen LogP contribution in [0.5, 0.6) is 0 Å². The maximum atomic E-state index is 4.68. The Morgan fingerprint density at radius 2 is 2.33 bits per heavy atom. The van der Waals surface area contributed by atoms with Gasteiger partial charge in [0.2, 0.25) is 0 Å². The van der Waals surface area contributed by atoms with Crippen LogP contribution < -0.4 is 0 Å². The van der Waals surface area contributed by atoms with Crippen molar-refractivity contribution in [2.75, 3.05) is 18.4 Å². The van der Waals surface area contributed by atoms with Crippen LogP contribution in [-0.4, -0.2) is 39.8 Å². The summed E-state index contributed by atoms with van der Waals surface area (Å²) in [6, 6.07) is 0.688. The summed E-state index contributed by atoms with van der Waals surface area (Å²) in [5, 5.41) is 3.02. The molecule has 2 rings (SSSR count). The molecule has 0 aromatic rings. The van der Waals surface area contributed by atoms with E-state index in [1.165, 1.54) is 37.4 Å². The van der Waals surface area contributed by atoms with E-state index in [0.29, 0.717) is 11.3 Å². The Kier molecular flexibility index (Phi) is 4.38. The van der Waals surface area contributed by atoms with Gasteiger partial charge in [-0.15, -0.1) is 0 Å². The van der Waals surface area contributed by atoms with Gasteiger partial charge in [-0.05, 0) is 19.8 Å². The van der Waals surface area contributed by atoms with Crippen molar-refractivity contribution in [1.82, 2.24) is 4.90 Å². The van der Waals surface area contributed by atoms with Gasteiger partial charge in [0.05, 0.1) is 6.54 Å². The van der Waals surface area contributed by atoms with E-state index in [4.69, 9.17) is 0 Å². The van der Waals surface area contributed by atoms with Crippen LogP contribution in [0.1, 0.15) is 32.6 Å². The summed E-state index contributed by atoms with van der Waals surface area (Å²) in [5.74, 6) is 0. The van der Waals surface area contributed by atoms with Gasteiger partial charge in [0, 0.05) is 23.2 Å². The minimum absolute atomic E-state index is 0.662.